The fraction of sp³-hybridized carbons (Fsp3) is 0.481. The van der Waals surface area contributed by atoms with Gasteiger partial charge in [0, 0.05) is 74.8 Å². The third kappa shape index (κ3) is 10.0. The first-order valence-electron chi connectivity index (χ1n) is 23.3. The Balaban J connectivity index is 1.29. The maximum absolute atomic E-state index is 14.7. The summed E-state index contributed by atoms with van der Waals surface area (Å²) in [6.07, 6.45) is 4.32. The van der Waals surface area contributed by atoms with E-state index in [1.165, 1.54) is 21.9 Å². The van der Waals surface area contributed by atoms with Gasteiger partial charge in [-0.2, -0.15) is 5.26 Å². The van der Waals surface area contributed by atoms with Crippen LogP contribution in [0.2, 0.25) is 0 Å². The number of nitrogens with zero attached hydrogens (tertiary/aromatic N) is 6. The molecular formula is C52H64N8O7. The van der Waals surface area contributed by atoms with Gasteiger partial charge in [0.1, 0.15) is 18.1 Å². The number of benzene rings is 2. The SMILES string of the molecule is C=CC(=O)N1CC(C#N)[C@H](C(=O)N(C)C(C(=O)N[C@H]2Cc3cccc(c3)-c3ccc4c(c3)c(c(-c3cccnc3[C@H](C)OC)n4CC)CC(C)(C)COC(=O)[C@@H]3CCCN(N3)C2=O)C(C)C)C1. The molecule has 0 spiro atoms. The van der Waals surface area contributed by atoms with Crippen LogP contribution < -0.4 is 10.7 Å². The summed E-state index contributed by atoms with van der Waals surface area (Å²) in [5.41, 5.74) is 10.3. The highest BCUT2D eigenvalue weighted by atomic mass is 16.5. The number of carbonyl (C=O) groups excluding carboxylic acids is 5. The van der Waals surface area contributed by atoms with Crippen LogP contribution in [0.4, 0.5) is 0 Å². The molecule has 2 fully saturated rings. The van der Waals surface area contributed by atoms with Crippen LogP contribution in [0.3, 0.4) is 0 Å². The average Bonchev–Trinajstić information content (AvgIpc) is 3.90. The number of hydrogen-bond donors (Lipinski definition) is 2. The summed E-state index contributed by atoms with van der Waals surface area (Å²) in [6, 6.07) is 17.7. The molecule has 15 heteroatoms. The number of cyclic esters (lactones) is 1. The van der Waals surface area contributed by atoms with Crippen molar-refractivity contribution in [2.75, 3.05) is 40.4 Å². The highest BCUT2D eigenvalue weighted by Gasteiger charge is 2.44. The smallest absolute Gasteiger partial charge is 0.324 e. The Morgan fingerprint density at radius 3 is 2.57 bits per heavy atom. The highest BCUT2D eigenvalue weighted by Crippen LogP contribution is 2.42. The molecule has 4 aromatic rings. The largest absolute Gasteiger partial charge is 0.464 e. The first-order chi connectivity index (χ1) is 32.0. The van der Waals surface area contributed by atoms with Crippen molar-refractivity contribution in [1.82, 2.24) is 35.1 Å². The lowest BCUT2D eigenvalue weighted by molar-refractivity contribution is -0.155. The van der Waals surface area contributed by atoms with Crippen molar-refractivity contribution in [3.8, 4) is 28.5 Å². The van der Waals surface area contributed by atoms with Gasteiger partial charge in [-0.1, -0.05) is 64.6 Å². The van der Waals surface area contributed by atoms with E-state index in [9.17, 15) is 29.2 Å². The van der Waals surface area contributed by atoms with Crippen LogP contribution in [0.15, 0.2) is 73.4 Å². The van der Waals surface area contributed by atoms with E-state index in [1.807, 2.05) is 51.1 Å². The Morgan fingerprint density at radius 2 is 1.87 bits per heavy atom. The number of nitrogens with one attached hydrogen (secondary N) is 2. The number of nitriles is 1. The van der Waals surface area contributed by atoms with E-state index >= 15 is 0 Å². The second-order valence-corrected chi connectivity index (χ2v) is 19.3. The molecular weight excluding hydrogens is 849 g/mol. The third-order valence-electron chi connectivity index (χ3n) is 13.6. The number of likely N-dealkylation sites (tertiary alicyclic amines) is 1. The standard InChI is InChI=1S/C52H64N8O7/c1-10-44(61)58-28-36(27-53)40(29-58)49(63)57(8)46(31(3)4)48(62)55-42-24-33-15-12-16-34(23-33)35-19-20-43-38(25-35)39(47(59(43)11-2)37-17-13-21-54-45(37)32(5)66-9)26-52(6,7)30-67-51(65)41-18-14-22-60(56-41)50(42)64/h10,12-13,15-17,19-21,23,25,31-32,36,40-42,46,56H,1,11,14,18,22,24,26,28-30H2,2-9H3,(H,55,62)/t32-,36?,40+,41-,42-,46?/m0/s1. The van der Waals surface area contributed by atoms with Gasteiger partial charge < -0.3 is 29.2 Å². The average molecular weight is 913 g/mol. The molecule has 2 saturated heterocycles. The molecule has 2 aromatic carbocycles. The number of aromatic nitrogens is 2. The molecule has 0 aliphatic carbocycles. The van der Waals surface area contributed by atoms with E-state index in [0.717, 1.165) is 56.2 Å². The van der Waals surface area contributed by atoms with Crippen molar-refractivity contribution in [3.63, 3.8) is 0 Å². The van der Waals surface area contributed by atoms with Crippen LogP contribution in [0.1, 0.15) is 77.3 Å². The number of pyridine rings is 1. The molecule has 0 radical (unpaired) electrons. The first kappa shape index (κ1) is 48.6. The lowest BCUT2D eigenvalue weighted by Crippen LogP contribution is -2.62. The Kier molecular flexibility index (Phi) is 14.7. The maximum Gasteiger partial charge on any atom is 0.324 e. The fourth-order valence-corrected chi connectivity index (χ4v) is 10.1. The van der Waals surface area contributed by atoms with Gasteiger partial charge in [0.25, 0.3) is 5.91 Å². The van der Waals surface area contributed by atoms with Crippen molar-refractivity contribution >= 4 is 40.5 Å². The summed E-state index contributed by atoms with van der Waals surface area (Å²) >= 11 is 0. The van der Waals surface area contributed by atoms with Gasteiger partial charge in [0.15, 0.2) is 0 Å². The molecule has 5 heterocycles. The predicted octanol–water partition coefficient (Wildman–Crippen LogP) is 6.01. The predicted molar refractivity (Wildman–Crippen MR) is 254 cm³/mol. The van der Waals surface area contributed by atoms with Crippen molar-refractivity contribution < 1.29 is 33.4 Å². The molecule has 3 aliphatic rings. The number of ether oxygens (including phenoxy) is 2. The van der Waals surface area contributed by atoms with Crippen LogP contribution in [-0.2, 0) is 52.8 Å². The van der Waals surface area contributed by atoms with Gasteiger partial charge in [-0.25, -0.2) is 5.43 Å². The van der Waals surface area contributed by atoms with E-state index in [4.69, 9.17) is 14.5 Å². The highest BCUT2D eigenvalue weighted by molar-refractivity contribution is 5.96. The molecule has 0 saturated carbocycles. The molecule has 354 valence electrons. The summed E-state index contributed by atoms with van der Waals surface area (Å²) in [5.74, 6) is -4.29. The van der Waals surface area contributed by atoms with Gasteiger partial charge in [-0.15, -0.1) is 0 Å². The summed E-state index contributed by atoms with van der Waals surface area (Å²) in [5, 5.41) is 15.4. The van der Waals surface area contributed by atoms with Gasteiger partial charge in [-0.05, 0) is 91.6 Å². The number of carbonyl (C=O) groups is 5. The topological polar surface area (TPSA) is 179 Å². The normalized spacial score (nSPS) is 21.8. The van der Waals surface area contributed by atoms with Crippen LogP contribution in [0.5, 0.6) is 0 Å². The quantitative estimate of drug-likeness (QED) is 0.141. The minimum Gasteiger partial charge on any atom is -0.464 e. The molecule has 2 N–H and O–H groups in total. The zero-order valence-corrected chi connectivity index (χ0v) is 40.0. The third-order valence-corrected chi connectivity index (χ3v) is 13.6. The Hall–Kier alpha value is -6.37. The number of likely N-dealkylation sites (N-methyl/N-ethyl adjacent to an activating group) is 1. The van der Waals surface area contributed by atoms with E-state index in [-0.39, 0.29) is 38.1 Å². The van der Waals surface area contributed by atoms with Gasteiger partial charge in [-0.3, -0.25) is 34.0 Å². The summed E-state index contributed by atoms with van der Waals surface area (Å²) < 4.78 is 14.3. The van der Waals surface area contributed by atoms with Crippen molar-refractivity contribution in [3.05, 3.63) is 90.3 Å². The number of hydrazine groups is 1. The molecule has 15 nitrogen and oxygen atoms in total. The van der Waals surface area contributed by atoms with E-state index in [0.29, 0.717) is 32.4 Å². The number of methoxy groups -OCH3 is 1. The van der Waals surface area contributed by atoms with Gasteiger partial charge in [0.2, 0.25) is 17.7 Å². The number of rotatable bonds is 10. The molecule has 7 rings (SSSR count). The summed E-state index contributed by atoms with van der Waals surface area (Å²) in [4.78, 5) is 77.4. The number of aryl methyl sites for hydroxylation is 1. The summed E-state index contributed by atoms with van der Waals surface area (Å²) in [6.45, 7) is 16.7. The van der Waals surface area contributed by atoms with Crippen molar-refractivity contribution in [2.24, 2.45) is 23.2 Å². The Labute approximate surface area is 393 Å². The van der Waals surface area contributed by atoms with Crippen LogP contribution in [0.25, 0.3) is 33.3 Å². The molecule has 6 atom stereocenters. The summed E-state index contributed by atoms with van der Waals surface area (Å²) in [7, 11) is 3.20. The second kappa shape index (κ2) is 20.2. The molecule has 2 unspecified atom stereocenters. The number of hydrogen-bond acceptors (Lipinski definition) is 10. The Morgan fingerprint density at radius 1 is 1.10 bits per heavy atom. The van der Waals surface area contributed by atoms with Crippen LogP contribution in [-0.4, -0.2) is 112 Å². The minimum absolute atomic E-state index is 0.0246. The molecule has 6 bridgehead atoms. The Bertz CT molecular complexity index is 2600. The molecule has 2 aromatic heterocycles. The van der Waals surface area contributed by atoms with E-state index < -0.39 is 65.0 Å². The first-order valence-corrected chi connectivity index (χ1v) is 23.3. The lowest BCUT2D eigenvalue weighted by atomic mass is 9.84. The van der Waals surface area contributed by atoms with E-state index in [2.05, 4.69) is 73.0 Å². The lowest BCUT2D eigenvalue weighted by Gasteiger charge is -2.37. The van der Waals surface area contributed by atoms with Crippen LogP contribution in [0, 0.1) is 34.5 Å². The monoisotopic (exact) mass is 912 g/mol. The zero-order valence-electron chi connectivity index (χ0n) is 40.0. The zero-order chi connectivity index (χ0) is 48.3. The molecule has 67 heavy (non-hydrogen) atoms. The molecule has 4 amide bonds. The number of amides is 4. The van der Waals surface area contributed by atoms with Gasteiger partial charge in [0.05, 0.1) is 42.0 Å². The van der Waals surface area contributed by atoms with Gasteiger partial charge >= 0.3 is 5.97 Å². The number of fused-ring (bicyclic) bond motifs is 6. The molecule has 3 aliphatic heterocycles. The van der Waals surface area contributed by atoms with Crippen molar-refractivity contribution in [1.29, 1.82) is 5.26 Å². The minimum atomic E-state index is -1.11. The fourth-order valence-electron chi connectivity index (χ4n) is 10.1. The van der Waals surface area contributed by atoms with Crippen molar-refractivity contribution in [2.45, 2.75) is 98.0 Å². The van der Waals surface area contributed by atoms with E-state index in [1.54, 1.807) is 13.3 Å². The maximum atomic E-state index is 14.7. The number of esters is 1. The van der Waals surface area contributed by atoms with Crippen LogP contribution >= 0.6 is 0 Å². The second-order valence-electron chi connectivity index (χ2n) is 19.3.